The Labute approximate surface area is 127 Å². The van der Waals surface area contributed by atoms with Gasteiger partial charge in [0.25, 0.3) is 0 Å². The minimum Gasteiger partial charge on any atom is -0.493 e. The molecule has 0 aliphatic carbocycles. The fourth-order valence-corrected chi connectivity index (χ4v) is 2.56. The Bertz CT molecular complexity index is 421. The molecule has 0 aromatic heterocycles. The molecule has 0 saturated heterocycles. The normalized spacial score (nSPS) is 12.6. The number of rotatable bonds is 8. The van der Waals surface area contributed by atoms with Crippen LogP contribution < -0.4 is 14.8 Å². The molecule has 0 fully saturated rings. The van der Waals surface area contributed by atoms with Gasteiger partial charge in [-0.3, -0.25) is 0 Å². The van der Waals surface area contributed by atoms with Gasteiger partial charge in [-0.1, -0.05) is 32.4 Å². The van der Waals surface area contributed by atoms with Crippen molar-refractivity contribution in [3.8, 4) is 11.5 Å². The fourth-order valence-electron chi connectivity index (χ4n) is 2.27. The maximum atomic E-state index is 6.30. The lowest BCUT2D eigenvalue weighted by Crippen LogP contribution is -2.23. The van der Waals surface area contributed by atoms with Crippen LogP contribution in [-0.2, 0) is 0 Å². The van der Waals surface area contributed by atoms with Crippen LogP contribution >= 0.6 is 11.6 Å². The van der Waals surface area contributed by atoms with Crippen molar-refractivity contribution < 1.29 is 9.47 Å². The highest BCUT2D eigenvalue weighted by Gasteiger charge is 2.18. The van der Waals surface area contributed by atoms with Crippen LogP contribution in [0.1, 0.15) is 45.2 Å². The van der Waals surface area contributed by atoms with Crippen molar-refractivity contribution in [1.82, 2.24) is 5.32 Å². The molecule has 4 heteroatoms. The van der Waals surface area contributed by atoms with Crippen LogP contribution in [0.4, 0.5) is 0 Å². The van der Waals surface area contributed by atoms with Crippen LogP contribution in [-0.4, -0.2) is 20.8 Å². The molecule has 0 amide bonds. The molecule has 0 saturated carbocycles. The second kappa shape index (κ2) is 8.38. The van der Waals surface area contributed by atoms with E-state index in [2.05, 4.69) is 26.1 Å². The first-order chi connectivity index (χ1) is 9.53. The van der Waals surface area contributed by atoms with E-state index < -0.39 is 0 Å². The van der Waals surface area contributed by atoms with Gasteiger partial charge in [-0.2, -0.15) is 0 Å². The number of benzene rings is 1. The highest BCUT2D eigenvalue weighted by atomic mass is 35.5. The number of ether oxygens (including phenoxy) is 2. The van der Waals surface area contributed by atoms with Gasteiger partial charge in [0.05, 0.1) is 19.2 Å². The maximum Gasteiger partial charge on any atom is 0.179 e. The van der Waals surface area contributed by atoms with Gasteiger partial charge in [-0.15, -0.1) is 0 Å². The zero-order valence-electron chi connectivity index (χ0n) is 13.1. The molecule has 20 heavy (non-hydrogen) atoms. The van der Waals surface area contributed by atoms with Gasteiger partial charge < -0.3 is 14.8 Å². The molecule has 0 radical (unpaired) electrons. The topological polar surface area (TPSA) is 30.5 Å². The summed E-state index contributed by atoms with van der Waals surface area (Å²) in [6.07, 6.45) is 2.17. The minimum atomic E-state index is 0.284. The van der Waals surface area contributed by atoms with Crippen molar-refractivity contribution in [2.45, 2.75) is 39.7 Å². The highest BCUT2D eigenvalue weighted by Crippen LogP contribution is 2.38. The Hall–Kier alpha value is -0.930. The van der Waals surface area contributed by atoms with Gasteiger partial charge in [-0.25, -0.2) is 0 Å². The molecule has 1 rings (SSSR count). The van der Waals surface area contributed by atoms with E-state index in [4.69, 9.17) is 21.1 Å². The van der Waals surface area contributed by atoms with Crippen LogP contribution in [0.2, 0.25) is 5.02 Å². The van der Waals surface area contributed by atoms with Crippen LogP contribution in [0.25, 0.3) is 0 Å². The summed E-state index contributed by atoms with van der Waals surface area (Å²) in [6, 6.07) is 4.27. The van der Waals surface area contributed by atoms with Crippen molar-refractivity contribution in [1.29, 1.82) is 0 Å². The van der Waals surface area contributed by atoms with Gasteiger partial charge in [0.15, 0.2) is 11.5 Å². The summed E-state index contributed by atoms with van der Waals surface area (Å²) in [5.74, 6) is 1.88. The van der Waals surface area contributed by atoms with Crippen molar-refractivity contribution in [2.24, 2.45) is 5.92 Å². The first-order valence-corrected chi connectivity index (χ1v) is 7.56. The SMILES string of the molecule is CCCNC(CC(C)C)c1cc(Cl)c(OC)c(OC)c1. The second-order valence-electron chi connectivity index (χ2n) is 5.37. The smallest absolute Gasteiger partial charge is 0.179 e. The number of hydrogen-bond acceptors (Lipinski definition) is 3. The van der Waals surface area contributed by atoms with Crippen molar-refractivity contribution in [3.63, 3.8) is 0 Å². The van der Waals surface area contributed by atoms with Gasteiger partial charge in [0.2, 0.25) is 0 Å². The van der Waals surface area contributed by atoms with Gasteiger partial charge >= 0.3 is 0 Å². The lowest BCUT2D eigenvalue weighted by molar-refractivity contribution is 0.353. The van der Waals surface area contributed by atoms with Gasteiger partial charge in [0.1, 0.15) is 0 Å². The molecule has 3 nitrogen and oxygen atoms in total. The van der Waals surface area contributed by atoms with Crippen molar-refractivity contribution >= 4 is 11.6 Å². The second-order valence-corrected chi connectivity index (χ2v) is 5.78. The molecule has 0 aliphatic rings. The van der Waals surface area contributed by atoms with E-state index >= 15 is 0 Å². The zero-order valence-corrected chi connectivity index (χ0v) is 13.9. The summed E-state index contributed by atoms with van der Waals surface area (Å²) in [7, 11) is 3.24. The van der Waals surface area contributed by atoms with Crippen molar-refractivity contribution in [2.75, 3.05) is 20.8 Å². The molecular weight excluding hydrogens is 274 g/mol. The standard InChI is InChI=1S/C16H26ClNO2/c1-6-7-18-14(8-11(2)3)12-9-13(17)16(20-5)15(10-12)19-4/h9-11,14,18H,6-8H2,1-5H3. The molecule has 1 N–H and O–H groups in total. The van der Waals surface area contributed by atoms with E-state index in [1.807, 2.05) is 12.1 Å². The largest absolute Gasteiger partial charge is 0.493 e. The molecule has 114 valence electrons. The number of nitrogens with one attached hydrogen (secondary N) is 1. The van der Waals surface area contributed by atoms with Gasteiger partial charge in [0, 0.05) is 6.04 Å². The van der Waals surface area contributed by atoms with E-state index in [0.717, 1.165) is 24.9 Å². The minimum absolute atomic E-state index is 0.284. The molecule has 0 aliphatic heterocycles. The van der Waals surface area contributed by atoms with E-state index in [0.29, 0.717) is 22.4 Å². The highest BCUT2D eigenvalue weighted by molar-refractivity contribution is 6.32. The third-order valence-corrected chi connectivity index (χ3v) is 3.49. The van der Waals surface area contributed by atoms with Crippen molar-refractivity contribution in [3.05, 3.63) is 22.7 Å². The van der Waals surface area contributed by atoms with Crippen LogP contribution in [0, 0.1) is 5.92 Å². The Morgan fingerprint density at radius 2 is 1.90 bits per heavy atom. The summed E-state index contributed by atoms with van der Waals surface area (Å²) in [4.78, 5) is 0. The molecule has 1 unspecified atom stereocenters. The van der Waals surface area contributed by atoms with E-state index in [9.17, 15) is 0 Å². The molecular formula is C16H26ClNO2. The van der Waals surface area contributed by atoms with E-state index in [1.165, 1.54) is 0 Å². The van der Waals surface area contributed by atoms with Crippen LogP contribution in [0.15, 0.2) is 12.1 Å². The van der Waals surface area contributed by atoms with E-state index in [1.54, 1.807) is 14.2 Å². The third-order valence-electron chi connectivity index (χ3n) is 3.21. The number of halogens is 1. The monoisotopic (exact) mass is 299 g/mol. The Morgan fingerprint density at radius 3 is 2.40 bits per heavy atom. The lowest BCUT2D eigenvalue weighted by Gasteiger charge is -2.22. The average molecular weight is 300 g/mol. The first-order valence-electron chi connectivity index (χ1n) is 7.18. The maximum absolute atomic E-state index is 6.30. The fraction of sp³-hybridized carbons (Fsp3) is 0.625. The predicted octanol–water partition coefficient (Wildman–Crippen LogP) is 4.44. The van der Waals surface area contributed by atoms with E-state index in [-0.39, 0.29) is 6.04 Å². The summed E-state index contributed by atoms with van der Waals surface area (Å²) in [5, 5.41) is 4.17. The molecule has 1 aromatic carbocycles. The Kier molecular flexibility index (Phi) is 7.17. The first kappa shape index (κ1) is 17.1. The molecule has 1 atom stereocenters. The molecule has 0 heterocycles. The summed E-state index contributed by atoms with van der Waals surface area (Å²) in [5.41, 5.74) is 1.15. The molecule has 0 bridgehead atoms. The zero-order chi connectivity index (χ0) is 15.1. The summed E-state index contributed by atoms with van der Waals surface area (Å²) in [6.45, 7) is 7.61. The number of methoxy groups -OCH3 is 2. The Balaban J connectivity index is 3.08. The number of hydrogen-bond donors (Lipinski definition) is 1. The summed E-state index contributed by atoms with van der Waals surface area (Å²) >= 11 is 6.30. The molecule has 1 aromatic rings. The predicted molar refractivity (Wildman–Crippen MR) is 85.0 cm³/mol. The Morgan fingerprint density at radius 1 is 1.20 bits per heavy atom. The van der Waals surface area contributed by atoms with Crippen LogP contribution in [0.3, 0.4) is 0 Å². The van der Waals surface area contributed by atoms with Crippen LogP contribution in [0.5, 0.6) is 11.5 Å². The quantitative estimate of drug-likeness (QED) is 0.769. The summed E-state index contributed by atoms with van der Waals surface area (Å²) < 4.78 is 10.7. The lowest BCUT2D eigenvalue weighted by atomic mass is 9.96. The molecule has 0 spiro atoms. The average Bonchev–Trinajstić information content (AvgIpc) is 2.41. The van der Waals surface area contributed by atoms with Gasteiger partial charge in [-0.05, 0) is 43.0 Å². The third kappa shape index (κ3) is 4.57.